The maximum absolute atomic E-state index is 13.2. The minimum absolute atomic E-state index is 0.118. The largest absolute Gasteiger partial charge is 0.451 e. The molecule has 1 aromatic heterocycles. The van der Waals surface area contributed by atoms with E-state index in [2.05, 4.69) is 11.0 Å². The van der Waals surface area contributed by atoms with Gasteiger partial charge in [-0.25, -0.2) is 8.42 Å². The molecule has 0 saturated carbocycles. The summed E-state index contributed by atoms with van der Waals surface area (Å²) in [6.07, 6.45) is 1.16. The molecule has 3 aromatic rings. The van der Waals surface area contributed by atoms with Crippen molar-refractivity contribution in [1.82, 2.24) is 9.80 Å². The molecule has 1 fully saturated rings. The molecular formula is C23H23N3O4S. The second-order valence-corrected chi connectivity index (χ2v) is 9.99. The molecule has 2 aromatic carbocycles. The zero-order valence-corrected chi connectivity index (χ0v) is 18.1. The molecule has 0 aliphatic carbocycles. The maximum atomic E-state index is 13.2. The van der Waals surface area contributed by atoms with Crippen LogP contribution in [0.2, 0.25) is 0 Å². The third-order valence-electron chi connectivity index (χ3n) is 5.45. The van der Waals surface area contributed by atoms with Gasteiger partial charge in [-0.3, -0.25) is 9.69 Å². The van der Waals surface area contributed by atoms with Crippen molar-refractivity contribution in [3.8, 4) is 6.07 Å². The number of piperazine rings is 1. The van der Waals surface area contributed by atoms with Gasteiger partial charge in [-0.05, 0) is 23.8 Å². The van der Waals surface area contributed by atoms with E-state index in [1.54, 1.807) is 41.3 Å². The Kier molecular flexibility index (Phi) is 5.81. The summed E-state index contributed by atoms with van der Waals surface area (Å²) in [5.41, 5.74) is 2.70. The smallest absolute Gasteiger partial charge is 0.290 e. The number of furan rings is 1. The molecule has 0 N–H and O–H groups in total. The van der Waals surface area contributed by atoms with E-state index in [1.807, 2.05) is 12.1 Å². The van der Waals surface area contributed by atoms with Crippen molar-refractivity contribution in [2.75, 3.05) is 32.4 Å². The number of para-hydroxylation sites is 1. The molecule has 1 saturated heterocycles. The van der Waals surface area contributed by atoms with E-state index in [-0.39, 0.29) is 17.4 Å². The standard InChI is InChI=1S/C23H23N3O4S/c1-31(28,29)16-20-19-4-2-3-5-21(19)30-22(20)23(27)26-12-10-25(11-13-26)15-18-8-6-17(14-24)7-9-18/h2-9H,10-13,15-16H2,1H3. The lowest BCUT2D eigenvalue weighted by Crippen LogP contribution is -2.48. The summed E-state index contributed by atoms with van der Waals surface area (Å²) < 4.78 is 29.7. The fraction of sp³-hybridized carbons (Fsp3) is 0.304. The van der Waals surface area contributed by atoms with Gasteiger partial charge in [-0.1, -0.05) is 30.3 Å². The monoisotopic (exact) mass is 437 g/mol. The van der Waals surface area contributed by atoms with Crippen LogP contribution in [-0.4, -0.2) is 56.6 Å². The fourth-order valence-corrected chi connectivity index (χ4v) is 4.68. The number of nitriles is 1. The molecule has 0 spiro atoms. The molecule has 1 amide bonds. The van der Waals surface area contributed by atoms with Crippen molar-refractivity contribution >= 4 is 26.7 Å². The van der Waals surface area contributed by atoms with E-state index in [4.69, 9.17) is 9.68 Å². The van der Waals surface area contributed by atoms with Gasteiger partial charge in [0, 0.05) is 49.9 Å². The van der Waals surface area contributed by atoms with Crippen LogP contribution in [0.25, 0.3) is 11.0 Å². The van der Waals surface area contributed by atoms with Gasteiger partial charge in [0.1, 0.15) is 5.58 Å². The normalized spacial score (nSPS) is 15.2. The number of nitrogens with zero attached hydrogens (tertiary/aromatic N) is 3. The lowest BCUT2D eigenvalue weighted by molar-refractivity contribution is 0.0599. The van der Waals surface area contributed by atoms with Crippen molar-refractivity contribution in [2.24, 2.45) is 0 Å². The molecule has 1 aliphatic heterocycles. The second-order valence-electron chi connectivity index (χ2n) is 7.85. The SMILES string of the molecule is CS(=O)(=O)Cc1c(C(=O)N2CCN(Cc3ccc(C#N)cc3)CC2)oc2ccccc12. The number of hydrogen-bond acceptors (Lipinski definition) is 6. The number of carbonyl (C=O) groups excluding carboxylic acids is 1. The maximum Gasteiger partial charge on any atom is 0.290 e. The van der Waals surface area contributed by atoms with E-state index in [0.717, 1.165) is 18.4 Å². The lowest BCUT2D eigenvalue weighted by atomic mass is 10.1. The molecule has 2 heterocycles. The number of amides is 1. The van der Waals surface area contributed by atoms with Crippen molar-refractivity contribution in [3.05, 3.63) is 71.0 Å². The van der Waals surface area contributed by atoms with Gasteiger partial charge in [0.05, 0.1) is 17.4 Å². The van der Waals surface area contributed by atoms with E-state index < -0.39 is 9.84 Å². The Morgan fingerprint density at radius 1 is 1.06 bits per heavy atom. The molecule has 160 valence electrons. The zero-order valence-electron chi connectivity index (χ0n) is 17.2. The molecule has 0 radical (unpaired) electrons. The molecule has 0 atom stereocenters. The minimum atomic E-state index is -3.33. The van der Waals surface area contributed by atoms with E-state index in [1.165, 1.54) is 0 Å². The van der Waals surface area contributed by atoms with Gasteiger partial charge in [-0.15, -0.1) is 0 Å². The zero-order chi connectivity index (χ0) is 22.0. The molecule has 31 heavy (non-hydrogen) atoms. The first-order valence-electron chi connectivity index (χ1n) is 10.0. The number of benzene rings is 2. The van der Waals surface area contributed by atoms with Crippen LogP contribution in [0.15, 0.2) is 52.9 Å². The van der Waals surface area contributed by atoms with Crippen LogP contribution in [0.4, 0.5) is 0 Å². The number of carbonyl (C=O) groups is 1. The Morgan fingerprint density at radius 2 is 1.74 bits per heavy atom. The van der Waals surface area contributed by atoms with Gasteiger partial charge in [0.2, 0.25) is 0 Å². The Morgan fingerprint density at radius 3 is 2.39 bits per heavy atom. The third kappa shape index (κ3) is 4.79. The first-order valence-corrected chi connectivity index (χ1v) is 12.1. The van der Waals surface area contributed by atoms with Gasteiger partial charge in [0.15, 0.2) is 15.6 Å². The Hall–Kier alpha value is -3.15. The molecule has 0 bridgehead atoms. The summed E-state index contributed by atoms with van der Waals surface area (Å²) >= 11 is 0. The third-order valence-corrected chi connectivity index (χ3v) is 6.26. The molecule has 0 unspecified atom stereocenters. The predicted molar refractivity (Wildman–Crippen MR) is 117 cm³/mol. The van der Waals surface area contributed by atoms with Crippen LogP contribution in [0.1, 0.15) is 27.2 Å². The summed E-state index contributed by atoms with van der Waals surface area (Å²) in [5.74, 6) is -0.385. The van der Waals surface area contributed by atoms with Crippen molar-refractivity contribution in [3.63, 3.8) is 0 Å². The number of hydrogen-bond donors (Lipinski definition) is 0. The Bertz CT molecular complexity index is 1250. The van der Waals surface area contributed by atoms with Crippen LogP contribution in [-0.2, 0) is 22.1 Å². The molecule has 8 heteroatoms. The summed E-state index contributed by atoms with van der Waals surface area (Å²) in [7, 11) is -3.33. The molecule has 4 rings (SSSR count). The Labute approximate surface area is 181 Å². The summed E-state index contributed by atoms with van der Waals surface area (Å²) in [6.45, 7) is 3.22. The Balaban J connectivity index is 1.48. The second kappa shape index (κ2) is 8.53. The topological polar surface area (TPSA) is 94.6 Å². The van der Waals surface area contributed by atoms with Gasteiger partial charge in [0.25, 0.3) is 5.91 Å². The van der Waals surface area contributed by atoms with E-state index in [9.17, 15) is 13.2 Å². The van der Waals surface area contributed by atoms with Gasteiger partial charge in [-0.2, -0.15) is 5.26 Å². The van der Waals surface area contributed by atoms with E-state index >= 15 is 0 Å². The average Bonchev–Trinajstić information content (AvgIpc) is 3.11. The summed E-state index contributed by atoms with van der Waals surface area (Å²) in [4.78, 5) is 17.2. The predicted octanol–water partition coefficient (Wildman–Crippen LogP) is 2.81. The summed E-state index contributed by atoms with van der Waals surface area (Å²) in [5, 5.41) is 9.58. The van der Waals surface area contributed by atoms with E-state index in [0.29, 0.717) is 48.3 Å². The van der Waals surface area contributed by atoms with Crippen LogP contribution < -0.4 is 0 Å². The number of rotatable bonds is 5. The quantitative estimate of drug-likeness (QED) is 0.609. The van der Waals surface area contributed by atoms with Crippen molar-refractivity contribution in [1.29, 1.82) is 5.26 Å². The molecule has 1 aliphatic rings. The van der Waals surface area contributed by atoms with Gasteiger partial charge < -0.3 is 9.32 Å². The minimum Gasteiger partial charge on any atom is -0.451 e. The fourth-order valence-electron chi connectivity index (χ4n) is 3.87. The highest BCUT2D eigenvalue weighted by atomic mass is 32.2. The molecule has 7 nitrogen and oxygen atoms in total. The van der Waals surface area contributed by atoms with Crippen molar-refractivity contribution in [2.45, 2.75) is 12.3 Å². The summed E-state index contributed by atoms with van der Waals surface area (Å²) in [6, 6.07) is 16.7. The number of fused-ring (bicyclic) bond motifs is 1. The molecular weight excluding hydrogens is 414 g/mol. The van der Waals surface area contributed by atoms with Crippen LogP contribution in [0.5, 0.6) is 0 Å². The van der Waals surface area contributed by atoms with Crippen LogP contribution >= 0.6 is 0 Å². The number of sulfone groups is 1. The highest BCUT2D eigenvalue weighted by Crippen LogP contribution is 2.29. The van der Waals surface area contributed by atoms with Crippen molar-refractivity contribution < 1.29 is 17.6 Å². The average molecular weight is 438 g/mol. The van der Waals surface area contributed by atoms with Gasteiger partial charge >= 0.3 is 0 Å². The van der Waals surface area contributed by atoms with Crippen LogP contribution in [0.3, 0.4) is 0 Å². The highest BCUT2D eigenvalue weighted by Gasteiger charge is 2.29. The first-order chi connectivity index (χ1) is 14.8. The first kappa shape index (κ1) is 21.1. The van der Waals surface area contributed by atoms with Crippen LogP contribution in [0, 0.1) is 11.3 Å². The highest BCUT2D eigenvalue weighted by molar-refractivity contribution is 7.89. The lowest BCUT2D eigenvalue weighted by Gasteiger charge is -2.34.